The number of hydrogen-bond acceptors (Lipinski definition) is 3. The molecule has 4 nitrogen and oxygen atoms in total. The molecule has 0 bridgehead atoms. The van der Waals surface area contributed by atoms with E-state index in [1.54, 1.807) is 13.8 Å². The van der Waals surface area contributed by atoms with Crippen LogP contribution in [-0.4, -0.2) is 25.1 Å². The van der Waals surface area contributed by atoms with Gasteiger partial charge in [-0.05, 0) is 32.0 Å². The normalized spacial score (nSPS) is 10.5. The monoisotopic (exact) mass is 276 g/mol. The molecule has 6 heteroatoms. The maximum atomic E-state index is 13.4. The highest BCUT2D eigenvalue weighted by Crippen LogP contribution is 2.18. The summed E-state index contributed by atoms with van der Waals surface area (Å²) in [6.07, 6.45) is 0. The molecule has 3 N–H and O–H groups in total. The lowest BCUT2D eigenvalue weighted by molar-refractivity contribution is 0.0915. The Balaban J connectivity index is 0.00000289. The predicted molar refractivity (Wildman–Crippen MR) is 70.8 cm³/mol. The molecular formula is C12H18ClFN2O2. The Morgan fingerprint density at radius 3 is 2.56 bits per heavy atom. The van der Waals surface area contributed by atoms with Crippen LogP contribution in [0.5, 0.6) is 5.75 Å². The van der Waals surface area contributed by atoms with Crippen molar-refractivity contribution in [1.29, 1.82) is 0 Å². The Morgan fingerprint density at radius 1 is 1.50 bits per heavy atom. The van der Waals surface area contributed by atoms with Crippen molar-refractivity contribution in [2.75, 3.05) is 13.7 Å². The lowest BCUT2D eigenvalue weighted by Crippen LogP contribution is -2.48. The first-order valence-electron chi connectivity index (χ1n) is 5.26. The topological polar surface area (TPSA) is 64.3 Å². The quantitative estimate of drug-likeness (QED) is 0.880. The van der Waals surface area contributed by atoms with Crippen molar-refractivity contribution in [2.24, 2.45) is 5.73 Å². The van der Waals surface area contributed by atoms with Crippen molar-refractivity contribution in [3.63, 3.8) is 0 Å². The standard InChI is InChI=1S/C12H17FN2O2.ClH/c1-12(2,7-14)15-11(16)8-4-5-10(17-3)9(13)6-8;/h4-6H,7,14H2,1-3H3,(H,15,16);1H. The highest BCUT2D eigenvalue weighted by atomic mass is 35.5. The molecule has 0 aromatic heterocycles. The molecular weight excluding hydrogens is 259 g/mol. The summed E-state index contributed by atoms with van der Waals surface area (Å²) in [7, 11) is 1.37. The number of hydrogen-bond donors (Lipinski definition) is 2. The van der Waals surface area contributed by atoms with Crippen LogP contribution in [-0.2, 0) is 0 Å². The molecule has 0 aliphatic rings. The predicted octanol–water partition coefficient (Wildman–Crippen LogP) is 1.72. The maximum Gasteiger partial charge on any atom is 0.251 e. The molecule has 0 aliphatic heterocycles. The Kier molecular flexibility index (Phi) is 6.08. The lowest BCUT2D eigenvalue weighted by atomic mass is 10.1. The molecule has 0 saturated heterocycles. The lowest BCUT2D eigenvalue weighted by Gasteiger charge is -2.24. The van der Waals surface area contributed by atoms with Gasteiger partial charge in [0.1, 0.15) is 0 Å². The van der Waals surface area contributed by atoms with Crippen molar-refractivity contribution in [3.8, 4) is 5.75 Å². The van der Waals surface area contributed by atoms with E-state index in [9.17, 15) is 9.18 Å². The molecule has 0 aliphatic carbocycles. The molecule has 0 radical (unpaired) electrons. The minimum atomic E-state index is -0.564. The third-order valence-electron chi connectivity index (χ3n) is 2.38. The molecule has 1 aromatic rings. The Morgan fingerprint density at radius 2 is 2.11 bits per heavy atom. The number of nitrogens with two attached hydrogens (primary N) is 1. The third-order valence-corrected chi connectivity index (χ3v) is 2.38. The number of halogens is 2. The van der Waals surface area contributed by atoms with Crippen molar-refractivity contribution in [1.82, 2.24) is 5.32 Å². The zero-order chi connectivity index (χ0) is 13.1. The summed E-state index contributed by atoms with van der Waals surface area (Å²) in [6.45, 7) is 3.90. The van der Waals surface area contributed by atoms with Gasteiger partial charge in [0.25, 0.3) is 5.91 Å². The van der Waals surface area contributed by atoms with Crippen LogP contribution < -0.4 is 15.8 Å². The van der Waals surface area contributed by atoms with Crippen molar-refractivity contribution < 1.29 is 13.9 Å². The average Bonchev–Trinajstić information content (AvgIpc) is 2.28. The van der Waals surface area contributed by atoms with Crippen LogP contribution in [0.4, 0.5) is 4.39 Å². The maximum absolute atomic E-state index is 13.4. The van der Waals surface area contributed by atoms with Crippen molar-refractivity contribution in [3.05, 3.63) is 29.6 Å². The second kappa shape index (κ2) is 6.56. The van der Waals surface area contributed by atoms with E-state index in [0.717, 1.165) is 6.07 Å². The highest BCUT2D eigenvalue weighted by molar-refractivity contribution is 5.94. The van der Waals surface area contributed by atoms with Gasteiger partial charge < -0.3 is 15.8 Å². The number of amides is 1. The first kappa shape index (κ1) is 16.7. The molecule has 0 unspecified atom stereocenters. The Hall–Kier alpha value is -1.33. The minimum absolute atomic E-state index is 0. The van der Waals surface area contributed by atoms with Crippen LogP contribution in [0.25, 0.3) is 0 Å². The van der Waals surface area contributed by atoms with Gasteiger partial charge in [-0.3, -0.25) is 4.79 Å². The number of carbonyl (C=O) groups is 1. The second-order valence-electron chi connectivity index (χ2n) is 4.39. The zero-order valence-corrected chi connectivity index (χ0v) is 11.4. The van der Waals surface area contributed by atoms with Crippen LogP contribution in [0.1, 0.15) is 24.2 Å². The van der Waals surface area contributed by atoms with Gasteiger partial charge in [0.05, 0.1) is 7.11 Å². The van der Waals surface area contributed by atoms with Gasteiger partial charge in [-0.2, -0.15) is 0 Å². The first-order chi connectivity index (χ1) is 7.89. The second-order valence-corrected chi connectivity index (χ2v) is 4.39. The summed E-state index contributed by atoms with van der Waals surface area (Å²) >= 11 is 0. The Bertz CT molecular complexity index is 425. The fraction of sp³-hybridized carbons (Fsp3) is 0.417. The number of methoxy groups -OCH3 is 1. The van der Waals surface area contributed by atoms with E-state index in [-0.39, 0.29) is 29.6 Å². The fourth-order valence-electron chi connectivity index (χ4n) is 1.24. The van der Waals surface area contributed by atoms with Crippen LogP contribution in [0.15, 0.2) is 18.2 Å². The number of carbonyl (C=O) groups excluding carboxylic acids is 1. The number of ether oxygens (including phenoxy) is 1. The highest BCUT2D eigenvalue weighted by Gasteiger charge is 2.19. The zero-order valence-electron chi connectivity index (χ0n) is 10.6. The van der Waals surface area contributed by atoms with Gasteiger partial charge in [-0.15, -0.1) is 12.4 Å². The molecule has 0 fully saturated rings. The minimum Gasteiger partial charge on any atom is -0.494 e. The molecule has 0 heterocycles. The number of benzene rings is 1. The van der Waals surface area contributed by atoms with E-state index in [1.807, 2.05) is 0 Å². The van der Waals surface area contributed by atoms with E-state index in [2.05, 4.69) is 5.32 Å². The van der Waals surface area contributed by atoms with Crippen LogP contribution in [0.2, 0.25) is 0 Å². The van der Waals surface area contributed by atoms with Crippen molar-refractivity contribution >= 4 is 18.3 Å². The fourth-order valence-corrected chi connectivity index (χ4v) is 1.24. The molecule has 0 saturated carbocycles. The van der Waals surface area contributed by atoms with E-state index in [0.29, 0.717) is 6.54 Å². The largest absolute Gasteiger partial charge is 0.494 e. The van der Waals surface area contributed by atoms with Crippen molar-refractivity contribution in [2.45, 2.75) is 19.4 Å². The van der Waals surface area contributed by atoms with Gasteiger partial charge in [-0.25, -0.2) is 4.39 Å². The van der Waals surface area contributed by atoms with Gasteiger partial charge in [0, 0.05) is 17.6 Å². The molecule has 0 atom stereocenters. The molecule has 102 valence electrons. The molecule has 1 rings (SSSR count). The summed E-state index contributed by atoms with van der Waals surface area (Å²) in [5, 5.41) is 2.72. The van der Waals surface area contributed by atoms with Gasteiger partial charge in [0.2, 0.25) is 0 Å². The summed E-state index contributed by atoms with van der Waals surface area (Å²) in [5.41, 5.74) is 5.22. The summed E-state index contributed by atoms with van der Waals surface area (Å²) in [5.74, 6) is -0.813. The first-order valence-corrected chi connectivity index (χ1v) is 5.26. The van der Waals surface area contributed by atoms with Gasteiger partial charge >= 0.3 is 0 Å². The smallest absolute Gasteiger partial charge is 0.251 e. The van der Waals surface area contributed by atoms with Gasteiger partial charge in [0.15, 0.2) is 11.6 Å². The Labute approximate surface area is 112 Å². The van der Waals surface area contributed by atoms with Crippen LogP contribution in [0, 0.1) is 5.82 Å². The summed E-state index contributed by atoms with van der Waals surface area (Å²) in [4.78, 5) is 11.8. The molecule has 1 aromatic carbocycles. The summed E-state index contributed by atoms with van der Waals surface area (Å²) < 4.78 is 18.2. The SMILES string of the molecule is COc1ccc(C(=O)NC(C)(C)CN)cc1F.Cl. The third kappa shape index (κ3) is 4.16. The number of nitrogens with one attached hydrogen (secondary N) is 1. The van der Waals surface area contributed by atoms with E-state index in [4.69, 9.17) is 10.5 Å². The molecule has 18 heavy (non-hydrogen) atoms. The van der Waals surface area contributed by atoms with Crippen LogP contribution in [0.3, 0.4) is 0 Å². The van der Waals surface area contributed by atoms with E-state index < -0.39 is 11.4 Å². The average molecular weight is 277 g/mol. The number of rotatable bonds is 4. The van der Waals surface area contributed by atoms with Gasteiger partial charge in [-0.1, -0.05) is 0 Å². The molecule has 1 amide bonds. The molecule has 0 spiro atoms. The summed E-state index contributed by atoms with van der Waals surface area (Å²) in [6, 6.07) is 4.06. The van der Waals surface area contributed by atoms with Crippen LogP contribution >= 0.6 is 12.4 Å². The van der Waals surface area contributed by atoms with E-state index >= 15 is 0 Å². The van der Waals surface area contributed by atoms with E-state index in [1.165, 1.54) is 19.2 Å².